The molecule has 4 rings (SSSR count). The Bertz CT molecular complexity index is 1150. The molecule has 1 aromatic heterocycles. The largest absolute Gasteiger partial charge is 0.495 e. The van der Waals surface area contributed by atoms with Crippen molar-refractivity contribution in [1.29, 1.82) is 0 Å². The SMILES string of the molecule is COc1ccc(-c2sc(NC(=O)C3CCCC3)nc2C)cc1S(=O)NC1CCCNC1.O=C(O)C(F)(F)F. The highest BCUT2D eigenvalue weighted by atomic mass is 32.2. The van der Waals surface area contributed by atoms with Gasteiger partial charge in [-0.05, 0) is 62.9 Å². The maximum Gasteiger partial charge on any atom is 0.490 e. The van der Waals surface area contributed by atoms with Crippen molar-refractivity contribution in [2.75, 3.05) is 25.5 Å². The van der Waals surface area contributed by atoms with Crippen molar-refractivity contribution in [2.24, 2.45) is 5.92 Å². The van der Waals surface area contributed by atoms with Crippen molar-refractivity contribution in [3.05, 3.63) is 23.9 Å². The van der Waals surface area contributed by atoms with Crippen molar-refractivity contribution in [3.63, 3.8) is 0 Å². The topological polar surface area (TPSA) is 130 Å². The number of carbonyl (C=O) groups excluding carboxylic acids is 1. The first-order valence-corrected chi connectivity index (χ1v) is 14.1. The van der Waals surface area contributed by atoms with Gasteiger partial charge >= 0.3 is 12.1 Å². The third kappa shape index (κ3) is 8.22. The Morgan fingerprint density at radius 1 is 1.21 bits per heavy atom. The first-order valence-electron chi connectivity index (χ1n) is 12.1. The molecule has 2 fully saturated rings. The summed E-state index contributed by atoms with van der Waals surface area (Å²) in [6.07, 6.45) is 1.15. The van der Waals surface area contributed by atoms with E-state index in [4.69, 9.17) is 14.6 Å². The summed E-state index contributed by atoms with van der Waals surface area (Å²) in [7, 11) is 0.202. The van der Waals surface area contributed by atoms with Gasteiger partial charge in [0.15, 0.2) is 5.13 Å². The molecule has 1 saturated heterocycles. The third-order valence-electron chi connectivity index (χ3n) is 6.19. The minimum absolute atomic E-state index is 0.0691. The Morgan fingerprint density at radius 2 is 1.89 bits per heavy atom. The molecule has 210 valence electrons. The molecule has 0 spiro atoms. The molecule has 1 amide bonds. The monoisotopic (exact) mass is 576 g/mol. The molecule has 1 aliphatic carbocycles. The fourth-order valence-electron chi connectivity index (χ4n) is 4.24. The summed E-state index contributed by atoms with van der Waals surface area (Å²) in [5, 5.41) is 14.1. The van der Waals surface area contributed by atoms with Gasteiger partial charge in [0.2, 0.25) is 5.91 Å². The highest BCUT2D eigenvalue weighted by Crippen LogP contribution is 2.36. The number of methoxy groups -OCH3 is 1. The predicted octanol–water partition coefficient (Wildman–Crippen LogP) is 4.25. The molecule has 1 aromatic carbocycles. The zero-order valence-corrected chi connectivity index (χ0v) is 22.7. The Hall–Kier alpha value is -2.55. The first-order chi connectivity index (χ1) is 18.0. The van der Waals surface area contributed by atoms with Crippen LogP contribution in [0.3, 0.4) is 0 Å². The normalized spacial score (nSPS) is 18.8. The summed E-state index contributed by atoms with van der Waals surface area (Å²) >= 11 is 1.46. The number of nitrogens with zero attached hydrogens (tertiary/aromatic N) is 1. The maximum absolute atomic E-state index is 13.1. The number of hydrogen-bond acceptors (Lipinski definition) is 7. The molecule has 2 aromatic rings. The summed E-state index contributed by atoms with van der Waals surface area (Å²) in [5.74, 6) is -1.99. The number of thiazole rings is 1. The van der Waals surface area contributed by atoms with Crippen molar-refractivity contribution in [1.82, 2.24) is 15.0 Å². The van der Waals surface area contributed by atoms with Crippen LogP contribution in [-0.2, 0) is 20.6 Å². The molecule has 1 saturated carbocycles. The molecule has 0 bridgehead atoms. The lowest BCUT2D eigenvalue weighted by atomic mass is 10.1. The minimum atomic E-state index is -5.08. The molecule has 1 aliphatic heterocycles. The van der Waals surface area contributed by atoms with Crippen LogP contribution >= 0.6 is 11.3 Å². The fourth-order valence-corrected chi connectivity index (χ4v) is 6.41. The lowest BCUT2D eigenvalue weighted by Crippen LogP contribution is -2.43. The quantitative estimate of drug-likeness (QED) is 0.388. The molecular formula is C24H31F3N4O5S2. The standard InChI is InChI=1S/C22H30N4O3S2.C2HF3O2/c1-14-20(30-22(24-14)25-21(27)15-6-3-4-7-15)16-9-10-18(29-2)19(12-16)31(28)26-17-8-5-11-23-13-17;3-2(4,5)1(6)7/h9-10,12,15,17,23,26H,3-8,11,13H2,1-2H3,(H,24,25,27);(H,6,7). The van der Waals surface area contributed by atoms with Crippen LogP contribution in [0.15, 0.2) is 23.1 Å². The van der Waals surface area contributed by atoms with Gasteiger partial charge in [-0.15, -0.1) is 0 Å². The molecule has 9 nitrogen and oxygen atoms in total. The average molecular weight is 577 g/mol. The number of halogens is 3. The Kier molecular flexibility index (Phi) is 10.7. The summed E-state index contributed by atoms with van der Waals surface area (Å²) in [6, 6.07) is 5.87. The van der Waals surface area contributed by atoms with Crippen LogP contribution in [-0.4, -0.2) is 58.6 Å². The summed E-state index contributed by atoms with van der Waals surface area (Å²) in [5.41, 5.74) is 1.77. The van der Waals surface area contributed by atoms with Crippen LogP contribution < -0.4 is 20.1 Å². The van der Waals surface area contributed by atoms with Crippen molar-refractivity contribution >= 4 is 39.3 Å². The van der Waals surface area contributed by atoms with Gasteiger partial charge in [-0.3, -0.25) is 4.79 Å². The molecule has 4 N–H and O–H groups in total. The van der Waals surface area contributed by atoms with Crippen molar-refractivity contribution in [3.8, 4) is 16.2 Å². The maximum atomic E-state index is 13.1. The van der Waals surface area contributed by atoms with E-state index < -0.39 is 23.1 Å². The highest BCUT2D eigenvalue weighted by molar-refractivity contribution is 7.83. The van der Waals surface area contributed by atoms with E-state index in [9.17, 15) is 22.2 Å². The summed E-state index contributed by atoms with van der Waals surface area (Å²) in [4.78, 5) is 27.5. The van der Waals surface area contributed by atoms with E-state index in [1.807, 2.05) is 25.1 Å². The lowest BCUT2D eigenvalue weighted by molar-refractivity contribution is -0.192. The third-order valence-corrected chi connectivity index (χ3v) is 8.58. The van der Waals surface area contributed by atoms with E-state index >= 15 is 0 Å². The smallest absolute Gasteiger partial charge is 0.490 e. The average Bonchev–Trinajstić information content (AvgIpc) is 3.54. The lowest BCUT2D eigenvalue weighted by Gasteiger charge is -2.23. The summed E-state index contributed by atoms with van der Waals surface area (Å²) < 4.78 is 53.5. The van der Waals surface area contributed by atoms with E-state index in [-0.39, 0.29) is 17.9 Å². The molecule has 0 radical (unpaired) electrons. The zero-order valence-electron chi connectivity index (χ0n) is 21.0. The van der Waals surface area contributed by atoms with Gasteiger partial charge in [0.25, 0.3) is 0 Å². The van der Waals surface area contributed by atoms with E-state index in [0.717, 1.165) is 67.7 Å². The number of alkyl halides is 3. The number of hydrogen-bond donors (Lipinski definition) is 4. The van der Waals surface area contributed by atoms with Gasteiger partial charge in [0.05, 0.1) is 22.6 Å². The number of piperidine rings is 1. The fraction of sp³-hybridized carbons (Fsp3) is 0.542. The van der Waals surface area contributed by atoms with Crippen LogP contribution in [0.5, 0.6) is 5.75 Å². The first kappa shape index (κ1) is 30.0. The number of carboxylic acid groups (broad SMARTS) is 1. The Labute approximate surface area is 225 Å². The number of carboxylic acids is 1. The number of aryl methyl sites for hydroxylation is 1. The molecule has 2 heterocycles. The second-order valence-electron chi connectivity index (χ2n) is 9.00. The van der Waals surface area contributed by atoms with E-state index in [1.165, 1.54) is 11.3 Å². The van der Waals surface area contributed by atoms with Crippen LogP contribution in [0.4, 0.5) is 18.3 Å². The Balaban J connectivity index is 0.000000505. The van der Waals surface area contributed by atoms with Gasteiger partial charge in [-0.2, -0.15) is 13.2 Å². The second-order valence-corrected chi connectivity index (χ2v) is 11.2. The number of benzene rings is 1. The number of aromatic nitrogens is 1. The van der Waals surface area contributed by atoms with Gasteiger partial charge in [-0.25, -0.2) is 18.7 Å². The van der Waals surface area contributed by atoms with E-state index in [1.54, 1.807) is 7.11 Å². The number of rotatable bonds is 7. The van der Waals surface area contributed by atoms with Crippen LogP contribution in [0.25, 0.3) is 10.4 Å². The van der Waals surface area contributed by atoms with Crippen LogP contribution in [0.1, 0.15) is 44.2 Å². The van der Waals surface area contributed by atoms with Gasteiger partial charge in [-0.1, -0.05) is 24.2 Å². The van der Waals surface area contributed by atoms with Gasteiger partial charge < -0.3 is 20.5 Å². The number of amides is 1. The minimum Gasteiger partial charge on any atom is -0.495 e. The number of nitrogens with one attached hydrogen (secondary N) is 3. The number of aliphatic carboxylic acids is 1. The predicted molar refractivity (Wildman–Crippen MR) is 139 cm³/mol. The van der Waals surface area contributed by atoms with Gasteiger partial charge in [0, 0.05) is 18.5 Å². The molecule has 14 heteroatoms. The molecule has 38 heavy (non-hydrogen) atoms. The van der Waals surface area contributed by atoms with Crippen molar-refractivity contribution < 1.29 is 36.8 Å². The Morgan fingerprint density at radius 3 is 2.47 bits per heavy atom. The van der Waals surface area contributed by atoms with Crippen LogP contribution in [0.2, 0.25) is 0 Å². The summed E-state index contributed by atoms with van der Waals surface area (Å²) in [6.45, 7) is 3.75. The molecule has 2 unspecified atom stereocenters. The molecule has 2 aliphatic rings. The second kappa shape index (κ2) is 13.5. The highest BCUT2D eigenvalue weighted by Gasteiger charge is 2.38. The molecular weight excluding hydrogens is 545 g/mol. The van der Waals surface area contributed by atoms with E-state index in [2.05, 4.69) is 20.3 Å². The van der Waals surface area contributed by atoms with Gasteiger partial charge in [0.1, 0.15) is 16.7 Å². The zero-order chi connectivity index (χ0) is 27.9. The van der Waals surface area contributed by atoms with Crippen LogP contribution in [0, 0.1) is 12.8 Å². The van der Waals surface area contributed by atoms with E-state index in [0.29, 0.717) is 15.8 Å². The molecule has 2 atom stereocenters. The van der Waals surface area contributed by atoms with Crippen molar-refractivity contribution in [2.45, 2.75) is 62.6 Å². The number of anilines is 1. The number of ether oxygens (including phenoxy) is 1. The number of carbonyl (C=O) groups is 2.